The molecule has 0 fully saturated rings. The molecule has 0 bridgehead atoms. The van der Waals surface area contributed by atoms with E-state index in [0.29, 0.717) is 5.75 Å². The zero-order chi connectivity index (χ0) is 9.68. The number of amides is 1. The van der Waals surface area contributed by atoms with E-state index in [1.54, 1.807) is 6.07 Å². The highest BCUT2D eigenvalue weighted by Crippen LogP contribution is 2.11. The van der Waals surface area contributed by atoms with Gasteiger partial charge in [-0.3, -0.25) is 4.79 Å². The highest BCUT2D eigenvalue weighted by atomic mass is 19.1. The third-order valence-corrected chi connectivity index (χ3v) is 1.44. The third kappa shape index (κ3) is 3.11. The number of carbonyl (C=O) groups excluding carboxylic acids is 1. The van der Waals surface area contributed by atoms with Crippen LogP contribution in [-0.2, 0) is 4.79 Å². The SMILES string of the molecule is CNC(=O)COc1cccc(F)c1. The predicted octanol–water partition coefficient (Wildman–Crippen LogP) is 0.950. The summed E-state index contributed by atoms with van der Waals surface area (Å²) in [5.41, 5.74) is 0. The molecule has 0 saturated carbocycles. The van der Waals surface area contributed by atoms with Gasteiger partial charge in [0, 0.05) is 13.1 Å². The summed E-state index contributed by atoms with van der Waals surface area (Å²) in [5.74, 6) is -0.276. The van der Waals surface area contributed by atoms with Crippen molar-refractivity contribution in [2.45, 2.75) is 0 Å². The van der Waals surface area contributed by atoms with Gasteiger partial charge in [-0.1, -0.05) is 6.07 Å². The van der Waals surface area contributed by atoms with Crippen molar-refractivity contribution in [2.75, 3.05) is 13.7 Å². The van der Waals surface area contributed by atoms with E-state index >= 15 is 0 Å². The Labute approximate surface area is 75.5 Å². The summed E-state index contributed by atoms with van der Waals surface area (Å²) in [7, 11) is 1.51. The number of hydrogen-bond donors (Lipinski definition) is 1. The topological polar surface area (TPSA) is 38.3 Å². The maximum atomic E-state index is 12.6. The van der Waals surface area contributed by atoms with E-state index in [9.17, 15) is 9.18 Å². The first-order valence-electron chi connectivity index (χ1n) is 3.81. The highest BCUT2D eigenvalue weighted by molar-refractivity contribution is 5.77. The van der Waals surface area contributed by atoms with Crippen molar-refractivity contribution in [3.8, 4) is 5.75 Å². The maximum Gasteiger partial charge on any atom is 0.257 e. The molecule has 1 aromatic rings. The van der Waals surface area contributed by atoms with Crippen molar-refractivity contribution in [1.29, 1.82) is 0 Å². The van der Waals surface area contributed by atoms with Gasteiger partial charge in [-0.25, -0.2) is 4.39 Å². The molecule has 0 aliphatic carbocycles. The lowest BCUT2D eigenvalue weighted by atomic mass is 10.3. The number of carbonyl (C=O) groups is 1. The van der Waals surface area contributed by atoms with Gasteiger partial charge in [0.2, 0.25) is 0 Å². The molecule has 1 N–H and O–H groups in total. The van der Waals surface area contributed by atoms with Crippen molar-refractivity contribution >= 4 is 5.91 Å². The molecular formula is C9H10FNO2. The lowest BCUT2D eigenvalue weighted by Crippen LogP contribution is -2.24. The van der Waals surface area contributed by atoms with Crippen LogP contribution in [0.2, 0.25) is 0 Å². The molecule has 13 heavy (non-hydrogen) atoms. The summed E-state index contributed by atoms with van der Waals surface area (Å²) < 4.78 is 17.6. The third-order valence-electron chi connectivity index (χ3n) is 1.44. The molecule has 1 rings (SSSR count). The molecule has 0 saturated heterocycles. The van der Waals surface area contributed by atoms with Crippen LogP contribution < -0.4 is 10.1 Å². The summed E-state index contributed by atoms with van der Waals surface area (Å²) in [6, 6.07) is 5.65. The van der Waals surface area contributed by atoms with Crippen LogP contribution in [-0.4, -0.2) is 19.6 Å². The monoisotopic (exact) mass is 183 g/mol. The molecule has 0 unspecified atom stereocenters. The van der Waals surface area contributed by atoms with E-state index in [1.807, 2.05) is 0 Å². The molecule has 70 valence electrons. The minimum Gasteiger partial charge on any atom is -0.484 e. The largest absolute Gasteiger partial charge is 0.484 e. The Hall–Kier alpha value is -1.58. The van der Waals surface area contributed by atoms with Crippen LogP contribution >= 0.6 is 0 Å². The number of ether oxygens (including phenoxy) is 1. The summed E-state index contributed by atoms with van der Waals surface area (Å²) in [5, 5.41) is 2.39. The van der Waals surface area contributed by atoms with Gasteiger partial charge in [0.05, 0.1) is 0 Å². The smallest absolute Gasteiger partial charge is 0.257 e. The van der Waals surface area contributed by atoms with E-state index in [-0.39, 0.29) is 18.3 Å². The molecule has 1 amide bonds. The Morgan fingerprint density at radius 1 is 1.62 bits per heavy atom. The fraction of sp³-hybridized carbons (Fsp3) is 0.222. The second-order valence-corrected chi connectivity index (χ2v) is 2.42. The van der Waals surface area contributed by atoms with E-state index in [2.05, 4.69) is 5.32 Å². The van der Waals surface area contributed by atoms with Crippen LogP contribution in [0.3, 0.4) is 0 Å². The highest BCUT2D eigenvalue weighted by Gasteiger charge is 1.99. The van der Waals surface area contributed by atoms with E-state index in [4.69, 9.17) is 4.74 Å². The van der Waals surface area contributed by atoms with E-state index in [1.165, 1.54) is 25.2 Å². The zero-order valence-corrected chi connectivity index (χ0v) is 7.21. The van der Waals surface area contributed by atoms with Gasteiger partial charge in [-0.2, -0.15) is 0 Å². The van der Waals surface area contributed by atoms with E-state index in [0.717, 1.165) is 0 Å². The van der Waals surface area contributed by atoms with Crippen molar-refractivity contribution in [1.82, 2.24) is 5.32 Å². The Morgan fingerprint density at radius 3 is 3.00 bits per heavy atom. The summed E-state index contributed by atoms with van der Waals surface area (Å²) in [4.78, 5) is 10.7. The molecule has 0 aliphatic heterocycles. The summed E-state index contributed by atoms with van der Waals surface area (Å²) >= 11 is 0. The van der Waals surface area contributed by atoms with Gasteiger partial charge in [0.25, 0.3) is 5.91 Å². The van der Waals surface area contributed by atoms with Crippen LogP contribution in [0.5, 0.6) is 5.75 Å². The first-order chi connectivity index (χ1) is 6.22. The second kappa shape index (κ2) is 4.45. The fourth-order valence-electron chi connectivity index (χ4n) is 0.778. The number of nitrogens with one attached hydrogen (secondary N) is 1. The minimum absolute atomic E-state index is 0.0973. The molecule has 0 radical (unpaired) electrons. The molecule has 1 aromatic carbocycles. The first kappa shape index (κ1) is 9.51. The van der Waals surface area contributed by atoms with Gasteiger partial charge in [-0.05, 0) is 12.1 Å². The second-order valence-electron chi connectivity index (χ2n) is 2.42. The quantitative estimate of drug-likeness (QED) is 0.757. The average Bonchev–Trinajstić information content (AvgIpc) is 2.14. The molecular weight excluding hydrogens is 173 g/mol. The first-order valence-corrected chi connectivity index (χ1v) is 3.81. The standard InChI is InChI=1S/C9H10FNO2/c1-11-9(12)6-13-8-4-2-3-7(10)5-8/h2-5H,6H2,1H3,(H,11,12). The number of hydrogen-bond acceptors (Lipinski definition) is 2. The number of likely N-dealkylation sites (N-methyl/N-ethyl adjacent to an activating group) is 1. The van der Waals surface area contributed by atoms with Crippen LogP contribution in [0.4, 0.5) is 4.39 Å². The van der Waals surface area contributed by atoms with Crippen LogP contribution in [0, 0.1) is 5.82 Å². The van der Waals surface area contributed by atoms with Gasteiger partial charge in [-0.15, -0.1) is 0 Å². The Balaban J connectivity index is 2.50. The lowest BCUT2D eigenvalue weighted by Gasteiger charge is -2.04. The Bertz CT molecular complexity index is 301. The van der Waals surface area contributed by atoms with Crippen molar-refractivity contribution in [3.63, 3.8) is 0 Å². The van der Waals surface area contributed by atoms with Gasteiger partial charge in [0.15, 0.2) is 6.61 Å². The number of halogens is 1. The summed E-state index contributed by atoms with van der Waals surface area (Å²) in [6.07, 6.45) is 0. The molecule has 0 atom stereocenters. The molecule has 0 spiro atoms. The zero-order valence-electron chi connectivity index (χ0n) is 7.21. The normalized spacial score (nSPS) is 9.38. The van der Waals surface area contributed by atoms with Gasteiger partial charge in [0.1, 0.15) is 11.6 Å². The number of rotatable bonds is 3. The predicted molar refractivity (Wildman–Crippen MR) is 46.0 cm³/mol. The summed E-state index contributed by atoms with van der Waals surface area (Å²) in [6.45, 7) is -0.0973. The minimum atomic E-state index is -0.380. The number of benzene rings is 1. The molecule has 0 aliphatic rings. The molecule has 4 heteroatoms. The molecule has 3 nitrogen and oxygen atoms in total. The van der Waals surface area contributed by atoms with Gasteiger partial charge < -0.3 is 10.1 Å². The Kier molecular flexibility index (Phi) is 3.25. The maximum absolute atomic E-state index is 12.6. The van der Waals surface area contributed by atoms with Crippen molar-refractivity contribution < 1.29 is 13.9 Å². The molecule has 0 heterocycles. The molecule has 0 aromatic heterocycles. The van der Waals surface area contributed by atoms with Crippen molar-refractivity contribution in [2.24, 2.45) is 0 Å². The average molecular weight is 183 g/mol. The van der Waals surface area contributed by atoms with Crippen LogP contribution in [0.15, 0.2) is 24.3 Å². The lowest BCUT2D eigenvalue weighted by molar-refractivity contribution is -0.122. The van der Waals surface area contributed by atoms with E-state index < -0.39 is 0 Å². The Morgan fingerprint density at radius 2 is 2.38 bits per heavy atom. The van der Waals surface area contributed by atoms with Crippen LogP contribution in [0.1, 0.15) is 0 Å². The van der Waals surface area contributed by atoms with Crippen LogP contribution in [0.25, 0.3) is 0 Å². The fourth-order valence-corrected chi connectivity index (χ4v) is 0.778. The van der Waals surface area contributed by atoms with Crippen molar-refractivity contribution in [3.05, 3.63) is 30.1 Å². The van der Waals surface area contributed by atoms with Gasteiger partial charge >= 0.3 is 0 Å².